The molecule has 0 saturated heterocycles. The summed E-state index contributed by atoms with van der Waals surface area (Å²) in [5.74, 6) is 0.128. The van der Waals surface area contributed by atoms with Gasteiger partial charge in [-0.1, -0.05) is 0 Å². The number of hydrogen-bond acceptors (Lipinski definition) is 6. The lowest BCUT2D eigenvalue weighted by Crippen LogP contribution is -2.29. The van der Waals surface area contributed by atoms with Crippen LogP contribution in [-0.4, -0.2) is 41.3 Å². The molecular weight excluding hydrogens is 208 g/mol. The Balaban J connectivity index is 2.69. The second-order valence-electron chi connectivity index (χ2n) is 3.44. The van der Waals surface area contributed by atoms with Crippen LogP contribution in [0.15, 0.2) is 0 Å². The van der Waals surface area contributed by atoms with Gasteiger partial charge in [-0.25, -0.2) is 4.98 Å². The third kappa shape index (κ3) is 3.15. The van der Waals surface area contributed by atoms with Gasteiger partial charge in [-0.05, 0) is 20.8 Å². The van der Waals surface area contributed by atoms with Gasteiger partial charge in [-0.15, -0.1) is 5.10 Å². The van der Waals surface area contributed by atoms with Gasteiger partial charge in [-0.3, -0.25) is 4.79 Å². The van der Waals surface area contributed by atoms with Crippen molar-refractivity contribution in [2.45, 2.75) is 20.8 Å². The van der Waals surface area contributed by atoms with Gasteiger partial charge in [0.25, 0.3) is 0 Å². The molecule has 16 heavy (non-hydrogen) atoms. The Morgan fingerprint density at radius 3 is 2.56 bits per heavy atom. The lowest BCUT2D eigenvalue weighted by atomic mass is 10.4. The van der Waals surface area contributed by atoms with Crippen LogP contribution >= 0.6 is 0 Å². The first-order chi connectivity index (χ1) is 7.54. The third-order valence-corrected chi connectivity index (χ3v) is 2.09. The van der Waals surface area contributed by atoms with Gasteiger partial charge >= 0.3 is 5.97 Å². The molecule has 1 heterocycles. The van der Waals surface area contributed by atoms with Crippen molar-refractivity contribution in [1.82, 2.24) is 15.2 Å². The van der Waals surface area contributed by atoms with E-state index in [0.29, 0.717) is 12.6 Å². The number of ether oxygens (including phenoxy) is 1. The summed E-state index contributed by atoms with van der Waals surface area (Å²) in [6.07, 6.45) is 0. The molecule has 0 aliphatic carbocycles. The van der Waals surface area contributed by atoms with E-state index in [1.54, 1.807) is 18.9 Å². The van der Waals surface area contributed by atoms with Crippen LogP contribution in [0.2, 0.25) is 0 Å². The van der Waals surface area contributed by atoms with Gasteiger partial charge in [0.05, 0.1) is 18.0 Å². The quantitative estimate of drug-likeness (QED) is 0.693. The van der Waals surface area contributed by atoms with Crippen LogP contribution in [0, 0.1) is 13.8 Å². The summed E-state index contributed by atoms with van der Waals surface area (Å²) in [5.41, 5.74) is 1.59. The van der Waals surface area contributed by atoms with Crippen LogP contribution in [0.1, 0.15) is 18.3 Å². The van der Waals surface area contributed by atoms with Crippen LogP contribution in [0.4, 0.5) is 5.95 Å². The van der Waals surface area contributed by atoms with Gasteiger partial charge in [0.1, 0.15) is 6.54 Å². The van der Waals surface area contributed by atoms with E-state index in [-0.39, 0.29) is 12.5 Å². The Bertz CT molecular complexity index is 381. The fourth-order valence-corrected chi connectivity index (χ4v) is 1.08. The highest BCUT2D eigenvalue weighted by molar-refractivity contribution is 5.74. The summed E-state index contributed by atoms with van der Waals surface area (Å²) in [5, 5.41) is 7.86. The minimum atomic E-state index is -0.299. The van der Waals surface area contributed by atoms with E-state index in [1.165, 1.54) is 0 Å². The van der Waals surface area contributed by atoms with E-state index in [9.17, 15) is 4.79 Å². The highest BCUT2D eigenvalue weighted by Crippen LogP contribution is 2.06. The maximum atomic E-state index is 11.2. The average molecular weight is 224 g/mol. The number of nitrogens with zero attached hydrogens (tertiary/aromatic N) is 4. The fourth-order valence-electron chi connectivity index (χ4n) is 1.08. The van der Waals surface area contributed by atoms with E-state index in [4.69, 9.17) is 4.74 Å². The minimum Gasteiger partial charge on any atom is -0.465 e. The molecule has 0 radical (unpaired) electrons. The Kier molecular flexibility index (Phi) is 4.16. The molecule has 6 nitrogen and oxygen atoms in total. The zero-order valence-corrected chi connectivity index (χ0v) is 10.0. The molecule has 0 spiro atoms. The normalized spacial score (nSPS) is 10.0. The molecule has 0 aromatic carbocycles. The monoisotopic (exact) mass is 224 g/mol. The van der Waals surface area contributed by atoms with Gasteiger partial charge in [0.15, 0.2) is 0 Å². The number of hydrogen-bond donors (Lipinski definition) is 0. The van der Waals surface area contributed by atoms with E-state index >= 15 is 0 Å². The molecule has 6 heteroatoms. The zero-order chi connectivity index (χ0) is 12.1. The molecule has 0 unspecified atom stereocenters. The Hall–Kier alpha value is -1.72. The smallest absolute Gasteiger partial charge is 0.325 e. The Labute approximate surface area is 94.6 Å². The molecule has 0 fully saturated rings. The molecule has 0 atom stereocenters. The second-order valence-corrected chi connectivity index (χ2v) is 3.44. The van der Waals surface area contributed by atoms with E-state index < -0.39 is 0 Å². The first kappa shape index (κ1) is 12.4. The number of anilines is 1. The lowest BCUT2D eigenvalue weighted by molar-refractivity contribution is -0.141. The third-order valence-electron chi connectivity index (χ3n) is 2.09. The van der Waals surface area contributed by atoms with Gasteiger partial charge in [0, 0.05) is 7.05 Å². The van der Waals surface area contributed by atoms with E-state index in [2.05, 4.69) is 15.2 Å². The number of carbonyl (C=O) groups excluding carboxylic acids is 1. The fraction of sp³-hybridized carbons (Fsp3) is 0.600. The molecule has 0 saturated carbocycles. The molecule has 0 N–H and O–H groups in total. The van der Waals surface area contributed by atoms with E-state index in [0.717, 1.165) is 11.4 Å². The highest BCUT2D eigenvalue weighted by Gasteiger charge is 2.11. The molecule has 0 bridgehead atoms. The standard InChI is InChI=1S/C10H16N4O2/c1-5-16-9(15)6-14(4)10-11-7(2)8(3)12-13-10/h5-6H2,1-4H3. The molecular formula is C10H16N4O2. The number of carbonyl (C=O) groups is 1. The molecule has 1 rings (SSSR count). The highest BCUT2D eigenvalue weighted by atomic mass is 16.5. The maximum Gasteiger partial charge on any atom is 0.325 e. The SMILES string of the molecule is CCOC(=O)CN(C)c1nnc(C)c(C)n1. The number of esters is 1. The summed E-state index contributed by atoms with van der Waals surface area (Å²) >= 11 is 0. The summed E-state index contributed by atoms with van der Waals surface area (Å²) in [4.78, 5) is 17.1. The maximum absolute atomic E-state index is 11.2. The molecule has 1 aromatic heterocycles. The Morgan fingerprint density at radius 1 is 1.31 bits per heavy atom. The predicted octanol–water partition coefficient (Wildman–Crippen LogP) is 0.488. The number of rotatable bonds is 4. The summed E-state index contributed by atoms with van der Waals surface area (Å²) in [6.45, 7) is 5.96. The number of likely N-dealkylation sites (N-methyl/N-ethyl adjacent to an activating group) is 1. The minimum absolute atomic E-state index is 0.123. The van der Waals surface area contributed by atoms with Crippen LogP contribution in [0.3, 0.4) is 0 Å². The predicted molar refractivity (Wildman–Crippen MR) is 59.2 cm³/mol. The van der Waals surface area contributed by atoms with Gasteiger partial charge in [0.2, 0.25) is 5.95 Å². The number of aryl methyl sites for hydroxylation is 2. The van der Waals surface area contributed by atoms with Gasteiger partial charge < -0.3 is 9.64 Å². The van der Waals surface area contributed by atoms with Crippen LogP contribution in [-0.2, 0) is 9.53 Å². The van der Waals surface area contributed by atoms with Crippen molar-refractivity contribution in [2.75, 3.05) is 25.1 Å². The first-order valence-electron chi connectivity index (χ1n) is 5.09. The van der Waals surface area contributed by atoms with Gasteiger partial charge in [-0.2, -0.15) is 5.10 Å². The summed E-state index contributed by atoms with van der Waals surface area (Å²) in [6, 6.07) is 0. The van der Waals surface area contributed by atoms with Crippen LogP contribution in [0.25, 0.3) is 0 Å². The second kappa shape index (κ2) is 5.39. The molecule has 0 amide bonds. The van der Waals surface area contributed by atoms with Crippen molar-refractivity contribution in [1.29, 1.82) is 0 Å². The molecule has 0 aliphatic rings. The average Bonchev–Trinajstić information content (AvgIpc) is 2.22. The summed E-state index contributed by atoms with van der Waals surface area (Å²) < 4.78 is 4.83. The molecule has 0 aliphatic heterocycles. The lowest BCUT2D eigenvalue weighted by Gasteiger charge is -2.15. The van der Waals surface area contributed by atoms with E-state index in [1.807, 2.05) is 13.8 Å². The largest absolute Gasteiger partial charge is 0.465 e. The first-order valence-corrected chi connectivity index (χ1v) is 5.09. The van der Waals surface area contributed by atoms with Crippen molar-refractivity contribution < 1.29 is 9.53 Å². The van der Waals surface area contributed by atoms with Crippen molar-refractivity contribution in [2.24, 2.45) is 0 Å². The van der Waals surface area contributed by atoms with Crippen molar-refractivity contribution >= 4 is 11.9 Å². The molecule has 1 aromatic rings. The van der Waals surface area contributed by atoms with Crippen molar-refractivity contribution in [3.8, 4) is 0 Å². The summed E-state index contributed by atoms with van der Waals surface area (Å²) in [7, 11) is 1.72. The Morgan fingerprint density at radius 2 is 2.00 bits per heavy atom. The van der Waals surface area contributed by atoms with Crippen molar-refractivity contribution in [3.63, 3.8) is 0 Å². The van der Waals surface area contributed by atoms with Crippen LogP contribution < -0.4 is 4.90 Å². The molecule has 88 valence electrons. The van der Waals surface area contributed by atoms with Crippen LogP contribution in [0.5, 0.6) is 0 Å². The van der Waals surface area contributed by atoms with Crippen molar-refractivity contribution in [3.05, 3.63) is 11.4 Å². The topological polar surface area (TPSA) is 68.2 Å². The number of aromatic nitrogens is 3. The zero-order valence-electron chi connectivity index (χ0n) is 10.0.